The summed E-state index contributed by atoms with van der Waals surface area (Å²) in [4.78, 5) is 10.6. The van der Waals surface area contributed by atoms with Crippen LogP contribution < -0.4 is 5.32 Å². The van der Waals surface area contributed by atoms with Gasteiger partial charge in [0.15, 0.2) is 0 Å². The van der Waals surface area contributed by atoms with Gasteiger partial charge < -0.3 is 20.3 Å². The van der Waals surface area contributed by atoms with Crippen LogP contribution in [-0.4, -0.2) is 35.2 Å². The summed E-state index contributed by atoms with van der Waals surface area (Å²) >= 11 is 0. The Kier molecular flexibility index (Phi) is 2.81. The molecule has 1 amide bonds. The van der Waals surface area contributed by atoms with Crippen molar-refractivity contribution in [2.75, 3.05) is 6.61 Å². The Hall–Kier alpha value is -0.650. The fraction of sp³-hybridized carbons (Fsp3) is 0.833. The van der Waals surface area contributed by atoms with Gasteiger partial charge in [0.1, 0.15) is 0 Å². The first kappa shape index (κ1) is 8.45. The van der Waals surface area contributed by atoms with E-state index >= 15 is 0 Å². The minimum atomic E-state index is -1.74. The molecule has 0 aromatic rings. The Morgan fingerprint density at radius 1 is 1.73 bits per heavy atom. The van der Waals surface area contributed by atoms with Gasteiger partial charge in [-0.15, -0.1) is 0 Å². The second kappa shape index (κ2) is 3.66. The summed E-state index contributed by atoms with van der Waals surface area (Å²) in [6.45, 7) is -1.59. The zero-order valence-electron chi connectivity index (χ0n) is 5.99. The third-order valence-electron chi connectivity index (χ3n) is 1.53. The maximum Gasteiger partial charge on any atom is 0.266 e. The molecular formula is C6H11NO4. The molecule has 5 nitrogen and oxygen atoms in total. The van der Waals surface area contributed by atoms with Crippen molar-refractivity contribution in [2.24, 2.45) is 0 Å². The van der Waals surface area contributed by atoms with Crippen molar-refractivity contribution in [3.8, 4) is 0 Å². The molecule has 0 aromatic carbocycles. The number of ether oxygens (including phenoxy) is 1. The lowest BCUT2D eigenvalue weighted by Gasteiger charge is -2.10. The highest BCUT2D eigenvalue weighted by Crippen LogP contribution is 2.06. The van der Waals surface area contributed by atoms with Crippen molar-refractivity contribution in [2.45, 2.75) is 25.4 Å². The highest BCUT2D eigenvalue weighted by atomic mass is 16.7. The molecule has 0 aliphatic carbocycles. The van der Waals surface area contributed by atoms with Crippen LogP contribution in [0, 0.1) is 0 Å². The summed E-state index contributed by atoms with van der Waals surface area (Å²) < 4.78 is 4.47. The van der Waals surface area contributed by atoms with Crippen LogP contribution in [0.4, 0.5) is 0 Å². The lowest BCUT2D eigenvalue weighted by molar-refractivity contribution is -0.236. The Morgan fingerprint density at radius 2 is 2.45 bits per heavy atom. The minimum absolute atomic E-state index is 0.00831. The number of amides is 1. The lowest BCUT2D eigenvalue weighted by Crippen LogP contribution is -2.31. The standard InChI is InChI=1S/C6H11NO4/c8-5-2-1-4(7-5)3-11-6(9)10/h4,6,9-10H,1-3H2,(H,7,8)/t4-/m0/s1. The van der Waals surface area contributed by atoms with Crippen LogP contribution >= 0.6 is 0 Å². The molecule has 1 atom stereocenters. The molecule has 1 heterocycles. The first-order chi connectivity index (χ1) is 5.18. The minimum Gasteiger partial charge on any atom is -0.351 e. The van der Waals surface area contributed by atoms with E-state index in [2.05, 4.69) is 10.1 Å². The molecule has 1 rings (SSSR count). The van der Waals surface area contributed by atoms with E-state index in [4.69, 9.17) is 10.2 Å². The van der Waals surface area contributed by atoms with E-state index in [1.54, 1.807) is 0 Å². The van der Waals surface area contributed by atoms with Crippen LogP contribution in [0.3, 0.4) is 0 Å². The number of hydrogen-bond acceptors (Lipinski definition) is 4. The van der Waals surface area contributed by atoms with E-state index in [-0.39, 0.29) is 18.6 Å². The van der Waals surface area contributed by atoms with Gasteiger partial charge in [-0.2, -0.15) is 0 Å². The van der Waals surface area contributed by atoms with E-state index in [9.17, 15) is 4.79 Å². The van der Waals surface area contributed by atoms with E-state index in [0.717, 1.165) is 0 Å². The van der Waals surface area contributed by atoms with Gasteiger partial charge in [-0.3, -0.25) is 4.79 Å². The monoisotopic (exact) mass is 161 g/mol. The van der Waals surface area contributed by atoms with Crippen molar-refractivity contribution in [3.05, 3.63) is 0 Å². The summed E-state index contributed by atoms with van der Waals surface area (Å²) in [6.07, 6.45) is 1.20. The number of hydrogen-bond donors (Lipinski definition) is 3. The Bertz CT molecular complexity index is 148. The normalized spacial score (nSPS) is 24.3. The Balaban J connectivity index is 2.13. The molecule has 1 fully saturated rings. The number of aliphatic hydroxyl groups is 2. The molecule has 1 aliphatic heterocycles. The van der Waals surface area contributed by atoms with Crippen molar-refractivity contribution in [1.82, 2.24) is 5.32 Å². The summed E-state index contributed by atoms with van der Waals surface area (Å²) in [7, 11) is 0. The second-order valence-electron chi connectivity index (χ2n) is 2.46. The molecule has 0 radical (unpaired) electrons. The third-order valence-corrected chi connectivity index (χ3v) is 1.53. The SMILES string of the molecule is O=C1CC[C@@H](COC(O)O)N1. The average Bonchev–Trinajstić information content (AvgIpc) is 2.31. The Labute approximate surface area is 64.0 Å². The van der Waals surface area contributed by atoms with Crippen LogP contribution in [0.15, 0.2) is 0 Å². The molecule has 64 valence electrons. The molecule has 0 spiro atoms. The van der Waals surface area contributed by atoms with Crippen molar-refractivity contribution < 1.29 is 19.7 Å². The number of rotatable bonds is 3. The average molecular weight is 161 g/mol. The molecule has 3 N–H and O–H groups in total. The molecular weight excluding hydrogens is 150 g/mol. The van der Waals surface area contributed by atoms with Crippen LogP contribution in [0.2, 0.25) is 0 Å². The molecule has 5 heteroatoms. The summed E-state index contributed by atoms with van der Waals surface area (Å²) in [6, 6.07) is -0.0655. The topological polar surface area (TPSA) is 78.8 Å². The zero-order valence-corrected chi connectivity index (χ0v) is 5.99. The number of nitrogens with one attached hydrogen (secondary N) is 1. The quantitative estimate of drug-likeness (QED) is 0.442. The molecule has 0 unspecified atom stereocenters. The van der Waals surface area contributed by atoms with Crippen molar-refractivity contribution in [3.63, 3.8) is 0 Å². The van der Waals surface area contributed by atoms with Gasteiger partial charge in [0.2, 0.25) is 5.91 Å². The molecule has 0 aromatic heterocycles. The highest BCUT2D eigenvalue weighted by molar-refractivity contribution is 5.78. The highest BCUT2D eigenvalue weighted by Gasteiger charge is 2.21. The van der Waals surface area contributed by atoms with E-state index < -0.39 is 6.48 Å². The van der Waals surface area contributed by atoms with E-state index in [1.165, 1.54) is 0 Å². The van der Waals surface area contributed by atoms with Gasteiger partial charge in [-0.05, 0) is 6.42 Å². The van der Waals surface area contributed by atoms with Crippen LogP contribution in [0.1, 0.15) is 12.8 Å². The number of carbonyl (C=O) groups is 1. The maximum atomic E-state index is 10.6. The predicted octanol–water partition coefficient (Wildman–Crippen LogP) is -1.45. The molecule has 0 bridgehead atoms. The van der Waals surface area contributed by atoms with E-state index in [0.29, 0.717) is 12.8 Å². The van der Waals surface area contributed by atoms with Gasteiger partial charge >= 0.3 is 0 Å². The smallest absolute Gasteiger partial charge is 0.266 e. The number of aliphatic hydroxyl groups excluding tert-OH is 1. The second-order valence-corrected chi connectivity index (χ2v) is 2.46. The predicted molar refractivity (Wildman–Crippen MR) is 35.3 cm³/mol. The Morgan fingerprint density at radius 3 is 2.91 bits per heavy atom. The zero-order chi connectivity index (χ0) is 8.27. The summed E-state index contributed by atoms with van der Waals surface area (Å²) in [5, 5.41) is 19.2. The molecule has 0 saturated carbocycles. The van der Waals surface area contributed by atoms with Crippen LogP contribution in [0.5, 0.6) is 0 Å². The fourth-order valence-corrected chi connectivity index (χ4v) is 1.00. The van der Waals surface area contributed by atoms with Gasteiger partial charge in [0.05, 0.1) is 12.6 Å². The maximum absolute atomic E-state index is 10.6. The van der Waals surface area contributed by atoms with Crippen molar-refractivity contribution >= 4 is 5.91 Å². The third kappa shape index (κ3) is 2.83. The molecule has 11 heavy (non-hydrogen) atoms. The largest absolute Gasteiger partial charge is 0.351 e. The van der Waals surface area contributed by atoms with Gasteiger partial charge in [0.25, 0.3) is 6.48 Å². The fourth-order valence-electron chi connectivity index (χ4n) is 1.00. The summed E-state index contributed by atoms with van der Waals surface area (Å²) in [5.74, 6) is -0.00831. The molecule has 1 aliphatic rings. The summed E-state index contributed by atoms with van der Waals surface area (Å²) in [5.41, 5.74) is 0. The first-order valence-electron chi connectivity index (χ1n) is 3.45. The van der Waals surface area contributed by atoms with Gasteiger partial charge in [0, 0.05) is 6.42 Å². The van der Waals surface area contributed by atoms with Gasteiger partial charge in [-0.25, -0.2) is 0 Å². The van der Waals surface area contributed by atoms with Crippen molar-refractivity contribution in [1.29, 1.82) is 0 Å². The lowest BCUT2D eigenvalue weighted by atomic mass is 10.2. The first-order valence-corrected chi connectivity index (χ1v) is 3.45. The number of carbonyl (C=O) groups excluding carboxylic acids is 1. The van der Waals surface area contributed by atoms with Crippen LogP contribution in [0.25, 0.3) is 0 Å². The van der Waals surface area contributed by atoms with Gasteiger partial charge in [-0.1, -0.05) is 0 Å². The molecule has 1 saturated heterocycles. The van der Waals surface area contributed by atoms with Crippen LogP contribution in [-0.2, 0) is 9.53 Å². The van der Waals surface area contributed by atoms with E-state index in [1.807, 2.05) is 0 Å².